The van der Waals surface area contributed by atoms with Crippen LogP contribution in [-0.4, -0.2) is 17.9 Å². The van der Waals surface area contributed by atoms with Crippen LogP contribution in [0.1, 0.15) is 121 Å². The van der Waals surface area contributed by atoms with E-state index < -0.39 is 0 Å². The first kappa shape index (κ1) is 27.1. The van der Waals surface area contributed by atoms with E-state index in [2.05, 4.69) is 41.5 Å². The van der Waals surface area contributed by atoms with Crippen LogP contribution in [-0.2, 0) is 14.3 Å². The SMILES string of the molecule is CCCC(C)(C)CC(CC(C)(C)C)C(=O)OC(C)CCCCC(=O)C(C)(C)C. The lowest BCUT2D eigenvalue weighted by Gasteiger charge is -2.32. The normalized spacial score (nSPS) is 15.2. The smallest absolute Gasteiger partial charge is 0.309 e. The first-order valence-corrected chi connectivity index (χ1v) is 11.3. The van der Waals surface area contributed by atoms with Crippen LogP contribution in [0.2, 0.25) is 0 Å². The number of esters is 1. The molecule has 0 aromatic rings. The zero-order valence-electron chi connectivity index (χ0n) is 20.5. The largest absolute Gasteiger partial charge is 0.462 e. The molecule has 0 saturated carbocycles. The van der Waals surface area contributed by atoms with Crippen molar-refractivity contribution in [3.05, 3.63) is 0 Å². The van der Waals surface area contributed by atoms with Crippen molar-refractivity contribution in [3.8, 4) is 0 Å². The quantitative estimate of drug-likeness (QED) is 0.255. The van der Waals surface area contributed by atoms with Gasteiger partial charge in [0.1, 0.15) is 5.78 Å². The summed E-state index contributed by atoms with van der Waals surface area (Å²) in [7, 11) is 0. The lowest BCUT2D eigenvalue weighted by atomic mass is 9.74. The molecule has 0 bridgehead atoms. The van der Waals surface area contributed by atoms with Gasteiger partial charge in [-0.2, -0.15) is 0 Å². The number of hydrogen-bond acceptors (Lipinski definition) is 3. The predicted molar refractivity (Wildman–Crippen MR) is 119 cm³/mol. The second-order valence-electron chi connectivity index (χ2n) is 11.7. The number of rotatable bonds is 12. The monoisotopic (exact) mass is 396 g/mol. The zero-order valence-corrected chi connectivity index (χ0v) is 20.5. The van der Waals surface area contributed by atoms with E-state index in [0.717, 1.165) is 44.9 Å². The highest BCUT2D eigenvalue weighted by molar-refractivity contribution is 5.83. The molecule has 3 nitrogen and oxygen atoms in total. The first-order valence-electron chi connectivity index (χ1n) is 11.3. The molecule has 0 spiro atoms. The molecule has 0 N–H and O–H groups in total. The highest BCUT2D eigenvalue weighted by Gasteiger charge is 2.32. The van der Waals surface area contributed by atoms with E-state index in [9.17, 15) is 9.59 Å². The number of carbonyl (C=O) groups excluding carboxylic acids is 2. The minimum absolute atomic E-state index is 0.0441. The third-order valence-corrected chi connectivity index (χ3v) is 5.34. The molecule has 2 unspecified atom stereocenters. The summed E-state index contributed by atoms with van der Waals surface area (Å²) in [5, 5.41) is 0. The Morgan fingerprint density at radius 1 is 0.893 bits per heavy atom. The van der Waals surface area contributed by atoms with Crippen LogP contribution in [0.25, 0.3) is 0 Å². The van der Waals surface area contributed by atoms with Crippen molar-refractivity contribution in [1.82, 2.24) is 0 Å². The molecule has 0 aliphatic rings. The van der Waals surface area contributed by atoms with Crippen LogP contribution in [0.4, 0.5) is 0 Å². The Hall–Kier alpha value is -0.860. The summed E-state index contributed by atoms with van der Waals surface area (Å²) in [5.41, 5.74) is -0.00761. The summed E-state index contributed by atoms with van der Waals surface area (Å²) in [6, 6.07) is 0. The maximum atomic E-state index is 12.9. The van der Waals surface area contributed by atoms with Crippen LogP contribution in [0.3, 0.4) is 0 Å². The van der Waals surface area contributed by atoms with E-state index in [1.165, 1.54) is 0 Å². The van der Waals surface area contributed by atoms with E-state index >= 15 is 0 Å². The number of ether oxygens (including phenoxy) is 1. The van der Waals surface area contributed by atoms with Crippen LogP contribution < -0.4 is 0 Å². The van der Waals surface area contributed by atoms with Gasteiger partial charge in [0.05, 0.1) is 12.0 Å². The Balaban J connectivity index is 4.64. The van der Waals surface area contributed by atoms with Gasteiger partial charge in [-0.05, 0) is 56.3 Å². The molecule has 0 saturated heterocycles. The first-order chi connectivity index (χ1) is 12.6. The maximum absolute atomic E-state index is 12.9. The van der Waals surface area contributed by atoms with Gasteiger partial charge >= 0.3 is 5.97 Å². The van der Waals surface area contributed by atoms with Gasteiger partial charge in [-0.1, -0.05) is 68.7 Å². The summed E-state index contributed by atoms with van der Waals surface area (Å²) < 4.78 is 5.83. The van der Waals surface area contributed by atoms with E-state index in [1.807, 2.05) is 27.7 Å². The van der Waals surface area contributed by atoms with Gasteiger partial charge in [-0.3, -0.25) is 9.59 Å². The number of ketones is 1. The van der Waals surface area contributed by atoms with E-state index in [0.29, 0.717) is 12.2 Å². The molecule has 0 aliphatic heterocycles. The second kappa shape index (κ2) is 11.4. The molecule has 0 aromatic carbocycles. The number of Topliss-reactive ketones (excluding diaryl/α,β-unsaturated/α-hetero) is 1. The van der Waals surface area contributed by atoms with Gasteiger partial charge in [0.25, 0.3) is 0 Å². The van der Waals surface area contributed by atoms with Crippen LogP contribution in [0, 0.1) is 22.2 Å². The summed E-state index contributed by atoms with van der Waals surface area (Å²) in [5.74, 6) is 0.212. The Labute approximate surface area is 175 Å². The van der Waals surface area contributed by atoms with Gasteiger partial charge in [0.15, 0.2) is 0 Å². The number of carbonyl (C=O) groups is 2. The van der Waals surface area contributed by atoms with Crippen molar-refractivity contribution in [2.75, 3.05) is 0 Å². The summed E-state index contributed by atoms with van der Waals surface area (Å²) >= 11 is 0. The lowest BCUT2D eigenvalue weighted by Crippen LogP contribution is -2.30. The number of hydrogen-bond donors (Lipinski definition) is 0. The van der Waals surface area contributed by atoms with Gasteiger partial charge in [0.2, 0.25) is 0 Å². The predicted octanol–water partition coefficient (Wildman–Crippen LogP) is 7.36. The van der Waals surface area contributed by atoms with Crippen molar-refractivity contribution in [2.24, 2.45) is 22.2 Å². The molecular formula is C25H48O3. The molecule has 0 fully saturated rings. The van der Waals surface area contributed by atoms with Crippen molar-refractivity contribution in [3.63, 3.8) is 0 Å². The van der Waals surface area contributed by atoms with Crippen LogP contribution in [0.15, 0.2) is 0 Å². The molecule has 0 amide bonds. The summed E-state index contributed by atoms with van der Waals surface area (Å²) in [4.78, 5) is 24.9. The van der Waals surface area contributed by atoms with Crippen LogP contribution >= 0.6 is 0 Å². The number of unbranched alkanes of at least 4 members (excludes halogenated alkanes) is 1. The average molecular weight is 397 g/mol. The van der Waals surface area contributed by atoms with Gasteiger partial charge in [0, 0.05) is 11.8 Å². The van der Waals surface area contributed by atoms with Gasteiger partial charge in [-0.25, -0.2) is 0 Å². The standard InChI is InChI=1S/C25H48O3/c1-11-16-25(9,10)18-20(17-23(3,4)5)22(27)28-19(2)14-12-13-15-21(26)24(6,7)8/h19-20H,11-18H2,1-10H3. The van der Waals surface area contributed by atoms with E-state index in [-0.39, 0.29) is 34.2 Å². The zero-order chi connectivity index (χ0) is 22.2. The molecule has 0 radical (unpaired) electrons. The fraction of sp³-hybridized carbons (Fsp3) is 0.920. The van der Waals surface area contributed by atoms with Crippen molar-refractivity contribution >= 4 is 11.8 Å². The summed E-state index contributed by atoms with van der Waals surface area (Å²) in [6.45, 7) is 21.2. The minimum Gasteiger partial charge on any atom is -0.462 e. The fourth-order valence-electron chi connectivity index (χ4n) is 3.87. The Morgan fingerprint density at radius 3 is 1.93 bits per heavy atom. The summed E-state index contributed by atoms with van der Waals surface area (Å²) in [6.07, 6.45) is 7.12. The van der Waals surface area contributed by atoms with Crippen molar-refractivity contribution in [2.45, 2.75) is 127 Å². The molecule has 28 heavy (non-hydrogen) atoms. The van der Waals surface area contributed by atoms with E-state index in [1.54, 1.807) is 0 Å². The average Bonchev–Trinajstić information content (AvgIpc) is 2.47. The molecular weight excluding hydrogens is 348 g/mol. The molecule has 0 rings (SSSR count). The molecule has 0 heterocycles. The molecule has 2 atom stereocenters. The molecule has 0 aliphatic carbocycles. The van der Waals surface area contributed by atoms with Crippen molar-refractivity contribution in [1.29, 1.82) is 0 Å². The third kappa shape index (κ3) is 12.6. The Bertz CT molecular complexity index is 477. The minimum atomic E-state index is -0.260. The molecule has 3 heteroatoms. The van der Waals surface area contributed by atoms with Crippen molar-refractivity contribution < 1.29 is 14.3 Å². The second-order valence-corrected chi connectivity index (χ2v) is 11.7. The third-order valence-electron chi connectivity index (χ3n) is 5.34. The lowest BCUT2D eigenvalue weighted by molar-refractivity contribution is -0.156. The van der Waals surface area contributed by atoms with Gasteiger partial charge < -0.3 is 4.74 Å². The fourth-order valence-corrected chi connectivity index (χ4v) is 3.87. The molecule has 166 valence electrons. The topological polar surface area (TPSA) is 43.4 Å². The Kier molecular flexibility index (Phi) is 11.0. The van der Waals surface area contributed by atoms with Gasteiger partial charge in [-0.15, -0.1) is 0 Å². The molecule has 0 aromatic heterocycles. The van der Waals surface area contributed by atoms with E-state index in [4.69, 9.17) is 4.74 Å². The Morgan fingerprint density at radius 2 is 1.46 bits per heavy atom. The highest BCUT2D eigenvalue weighted by atomic mass is 16.5. The highest BCUT2D eigenvalue weighted by Crippen LogP contribution is 2.37. The van der Waals surface area contributed by atoms with Crippen LogP contribution in [0.5, 0.6) is 0 Å². The maximum Gasteiger partial charge on any atom is 0.309 e.